The minimum atomic E-state index is -4.38. The predicted molar refractivity (Wildman–Crippen MR) is 95.8 cm³/mol. The molecule has 0 bridgehead atoms. The summed E-state index contributed by atoms with van der Waals surface area (Å²) in [6.45, 7) is 4.60. The van der Waals surface area contributed by atoms with Crippen molar-refractivity contribution in [2.24, 2.45) is 5.92 Å². The van der Waals surface area contributed by atoms with Crippen LogP contribution in [-0.2, 0) is 19.1 Å². The van der Waals surface area contributed by atoms with Gasteiger partial charge in [-0.05, 0) is 41.7 Å². The maximum absolute atomic E-state index is 12.7. The van der Waals surface area contributed by atoms with E-state index in [9.17, 15) is 23.1 Å². The standard InChI is InChI=1S/C20H19F3N2O2/c1-12(2)11-25-16-5-3-4-14(17(16)18(24-25)19(26)27)10-13-6-8-15(9-7-13)20(21,22)23/h3-9,12H,10-11H2,1-2H3,(H,26,27). The van der Waals surface area contributed by atoms with Gasteiger partial charge in [-0.25, -0.2) is 4.79 Å². The molecule has 0 aliphatic carbocycles. The van der Waals surface area contributed by atoms with Crippen molar-refractivity contribution < 1.29 is 23.1 Å². The first kappa shape index (κ1) is 18.9. The number of carboxylic acid groups (broad SMARTS) is 1. The van der Waals surface area contributed by atoms with Crippen LogP contribution in [0.1, 0.15) is 41.0 Å². The van der Waals surface area contributed by atoms with E-state index in [0.717, 1.165) is 17.7 Å². The zero-order chi connectivity index (χ0) is 19.8. The van der Waals surface area contributed by atoms with Crippen molar-refractivity contribution in [3.8, 4) is 0 Å². The summed E-state index contributed by atoms with van der Waals surface area (Å²) in [6.07, 6.45) is -4.06. The first-order chi connectivity index (χ1) is 12.7. The summed E-state index contributed by atoms with van der Waals surface area (Å²) in [7, 11) is 0. The number of benzene rings is 2. The maximum atomic E-state index is 12.7. The lowest BCUT2D eigenvalue weighted by molar-refractivity contribution is -0.137. The van der Waals surface area contributed by atoms with E-state index in [4.69, 9.17) is 0 Å². The van der Waals surface area contributed by atoms with Gasteiger partial charge in [-0.15, -0.1) is 0 Å². The molecule has 0 fully saturated rings. The fourth-order valence-corrected chi connectivity index (χ4v) is 3.11. The van der Waals surface area contributed by atoms with Crippen molar-refractivity contribution in [1.82, 2.24) is 9.78 Å². The van der Waals surface area contributed by atoms with E-state index in [-0.39, 0.29) is 11.6 Å². The number of hydrogen-bond donors (Lipinski definition) is 1. The van der Waals surface area contributed by atoms with Gasteiger partial charge in [0.1, 0.15) is 0 Å². The quantitative estimate of drug-likeness (QED) is 0.682. The second-order valence-electron chi connectivity index (χ2n) is 6.91. The van der Waals surface area contributed by atoms with Gasteiger partial charge in [0.25, 0.3) is 0 Å². The number of halogens is 3. The number of rotatable bonds is 5. The molecule has 0 spiro atoms. The van der Waals surface area contributed by atoms with Crippen LogP contribution in [0.2, 0.25) is 0 Å². The van der Waals surface area contributed by atoms with Crippen LogP contribution >= 0.6 is 0 Å². The number of nitrogens with zero attached hydrogens (tertiary/aromatic N) is 2. The number of carboxylic acids is 1. The molecule has 27 heavy (non-hydrogen) atoms. The Balaban J connectivity index is 2.04. The lowest BCUT2D eigenvalue weighted by Crippen LogP contribution is -2.07. The van der Waals surface area contributed by atoms with Gasteiger partial charge >= 0.3 is 12.1 Å². The average molecular weight is 376 g/mol. The molecule has 0 saturated carbocycles. The maximum Gasteiger partial charge on any atom is 0.416 e. The lowest BCUT2D eigenvalue weighted by Gasteiger charge is -2.09. The molecular formula is C20H19F3N2O2. The normalized spacial score (nSPS) is 12.1. The number of aromatic carboxylic acids is 1. The number of hydrogen-bond acceptors (Lipinski definition) is 2. The Morgan fingerprint density at radius 2 is 1.81 bits per heavy atom. The largest absolute Gasteiger partial charge is 0.476 e. The highest BCUT2D eigenvalue weighted by Gasteiger charge is 2.30. The number of aromatic nitrogens is 2. The third-order valence-electron chi connectivity index (χ3n) is 4.28. The van der Waals surface area contributed by atoms with Crippen LogP contribution in [-0.4, -0.2) is 20.9 Å². The molecule has 0 aliphatic rings. The molecule has 2 aromatic carbocycles. The minimum absolute atomic E-state index is 0.0341. The number of carbonyl (C=O) groups is 1. The molecule has 0 saturated heterocycles. The van der Waals surface area contributed by atoms with Gasteiger partial charge in [0.05, 0.1) is 11.1 Å². The minimum Gasteiger partial charge on any atom is -0.476 e. The number of fused-ring (bicyclic) bond motifs is 1. The van der Waals surface area contributed by atoms with Crippen molar-refractivity contribution in [3.63, 3.8) is 0 Å². The summed E-state index contributed by atoms with van der Waals surface area (Å²) >= 11 is 0. The van der Waals surface area contributed by atoms with Crippen LogP contribution in [0.15, 0.2) is 42.5 Å². The molecule has 1 aromatic heterocycles. The summed E-state index contributed by atoms with van der Waals surface area (Å²) in [5.41, 5.74) is 1.36. The molecule has 0 atom stereocenters. The van der Waals surface area contributed by atoms with Crippen LogP contribution in [0, 0.1) is 5.92 Å². The van der Waals surface area contributed by atoms with Gasteiger partial charge in [0.2, 0.25) is 0 Å². The molecule has 7 heteroatoms. The zero-order valence-corrected chi connectivity index (χ0v) is 14.9. The van der Waals surface area contributed by atoms with Crippen LogP contribution < -0.4 is 0 Å². The molecule has 4 nitrogen and oxygen atoms in total. The molecule has 0 aliphatic heterocycles. The molecule has 142 valence electrons. The predicted octanol–water partition coefficient (Wildman–Crippen LogP) is 5.00. The third kappa shape index (κ3) is 3.97. The van der Waals surface area contributed by atoms with E-state index < -0.39 is 17.7 Å². The first-order valence-corrected chi connectivity index (χ1v) is 8.54. The first-order valence-electron chi connectivity index (χ1n) is 8.54. The van der Waals surface area contributed by atoms with Crippen molar-refractivity contribution in [2.45, 2.75) is 33.0 Å². The Hall–Kier alpha value is -2.83. The second-order valence-corrected chi connectivity index (χ2v) is 6.91. The van der Waals surface area contributed by atoms with Crippen molar-refractivity contribution >= 4 is 16.9 Å². The van der Waals surface area contributed by atoms with Crippen LogP contribution in [0.25, 0.3) is 10.9 Å². The van der Waals surface area contributed by atoms with E-state index in [0.29, 0.717) is 29.4 Å². The molecule has 0 amide bonds. The fraction of sp³-hybridized carbons (Fsp3) is 0.300. The monoisotopic (exact) mass is 376 g/mol. The summed E-state index contributed by atoms with van der Waals surface area (Å²) < 4.78 is 39.9. The molecule has 0 radical (unpaired) electrons. The molecule has 1 heterocycles. The molecule has 3 rings (SSSR count). The summed E-state index contributed by atoms with van der Waals surface area (Å²) in [6, 6.07) is 10.3. The highest BCUT2D eigenvalue weighted by molar-refractivity contribution is 6.02. The summed E-state index contributed by atoms with van der Waals surface area (Å²) in [4.78, 5) is 11.7. The highest BCUT2D eigenvalue weighted by Crippen LogP contribution is 2.30. The van der Waals surface area contributed by atoms with Crippen molar-refractivity contribution in [1.29, 1.82) is 0 Å². The lowest BCUT2D eigenvalue weighted by atomic mass is 9.99. The van der Waals surface area contributed by atoms with Crippen molar-refractivity contribution in [3.05, 3.63) is 64.8 Å². The Bertz CT molecular complexity index is 973. The summed E-state index contributed by atoms with van der Waals surface area (Å²) in [5.74, 6) is -0.837. The highest BCUT2D eigenvalue weighted by atomic mass is 19.4. The Morgan fingerprint density at radius 3 is 2.37 bits per heavy atom. The van der Waals surface area contributed by atoms with Gasteiger partial charge in [-0.1, -0.05) is 38.1 Å². The molecule has 0 unspecified atom stereocenters. The second kappa shape index (κ2) is 7.06. The SMILES string of the molecule is CC(C)Cn1nc(C(=O)O)c2c(Cc3ccc(C(F)(F)F)cc3)cccc21. The Morgan fingerprint density at radius 1 is 1.15 bits per heavy atom. The van der Waals surface area contributed by atoms with Crippen LogP contribution in [0.4, 0.5) is 13.2 Å². The van der Waals surface area contributed by atoms with Gasteiger partial charge < -0.3 is 5.11 Å². The van der Waals surface area contributed by atoms with Crippen LogP contribution in [0.5, 0.6) is 0 Å². The van der Waals surface area contributed by atoms with Gasteiger partial charge in [0.15, 0.2) is 5.69 Å². The Labute approximate surface area is 154 Å². The van der Waals surface area contributed by atoms with Gasteiger partial charge in [-0.3, -0.25) is 4.68 Å². The van der Waals surface area contributed by atoms with Crippen molar-refractivity contribution in [2.75, 3.05) is 0 Å². The number of alkyl halides is 3. The van der Waals surface area contributed by atoms with E-state index in [1.807, 2.05) is 26.0 Å². The van der Waals surface area contributed by atoms with E-state index in [2.05, 4.69) is 5.10 Å². The zero-order valence-electron chi connectivity index (χ0n) is 14.9. The van der Waals surface area contributed by atoms with Gasteiger partial charge in [-0.2, -0.15) is 18.3 Å². The fourth-order valence-electron chi connectivity index (χ4n) is 3.11. The average Bonchev–Trinajstić information content (AvgIpc) is 2.94. The molecule has 3 aromatic rings. The Kier molecular flexibility index (Phi) is 4.95. The van der Waals surface area contributed by atoms with Crippen LogP contribution in [0.3, 0.4) is 0 Å². The molecular weight excluding hydrogens is 357 g/mol. The summed E-state index contributed by atoms with van der Waals surface area (Å²) in [5, 5.41) is 14.3. The topological polar surface area (TPSA) is 55.1 Å². The smallest absolute Gasteiger partial charge is 0.416 e. The van der Waals surface area contributed by atoms with E-state index >= 15 is 0 Å². The third-order valence-corrected chi connectivity index (χ3v) is 4.28. The van der Waals surface area contributed by atoms with E-state index in [1.54, 1.807) is 10.7 Å². The van der Waals surface area contributed by atoms with Gasteiger partial charge in [0, 0.05) is 11.9 Å². The molecule has 1 N–H and O–H groups in total. The van der Waals surface area contributed by atoms with E-state index in [1.165, 1.54) is 12.1 Å².